The summed E-state index contributed by atoms with van der Waals surface area (Å²) in [5.74, 6) is 1.19. The van der Waals surface area contributed by atoms with Gasteiger partial charge in [-0.15, -0.1) is 0 Å². The van der Waals surface area contributed by atoms with E-state index >= 15 is 0 Å². The first-order chi connectivity index (χ1) is 8.74. The summed E-state index contributed by atoms with van der Waals surface area (Å²) in [6, 6.07) is 5.12. The number of fused-ring (bicyclic) bond motifs is 1. The number of hydrogen-bond acceptors (Lipinski definition) is 5. The lowest BCUT2D eigenvalue weighted by atomic mass is 10.3. The summed E-state index contributed by atoms with van der Waals surface area (Å²) in [5, 5.41) is 15.4. The first-order valence-corrected chi connectivity index (χ1v) is 5.77. The van der Waals surface area contributed by atoms with Gasteiger partial charge in [0.1, 0.15) is 17.9 Å². The number of benzene rings is 1. The summed E-state index contributed by atoms with van der Waals surface area (Å²) in [6.45, 7) is 2.88. The smallest absolute Gasteiger partial charge is 0.270 e. The molecule has 6 heteroatoms. The Morgan fingerprint density at radius 2 is 2.17 bits per heavy atom. The van der Waals surface area contributed by atoms with E-state index in [4.69, 9.17) is 9.47 Å². The van der Waals surface area contributed by atoms with Crippen LogP contribution in [0, 0.1) is 5.21 Å². The van der Waals surface area contributed by atoms with E-state index in [0.717, 1.165) is 0 Å². The number of hydrogen-bond donors (Lipinski definition) is 0. The first-order valence-electron chi connectivity index (χ1n) is 5.77. The highest BCUT2D eigenvalue weighted by Gasteiger charge is 2.10. The second-order valence-corrected chi connectivity index (χ2v) is 3.75. The van der Waals surface area contributed by atoms with Crippen molar-refractivity contribution in [2.24, 2.45) is 0 Å². The van der Waals surface area contributed by atoms with Crippen molar-refractivity contribution in [2.75, 3.05) is 20.3 Å². The fourth-order valence-corrected chi connectivity index (χ4v) is 1.56. The van der Waals surface area contributed by atoms with Crippen LogP contribution in [0.15, 0.2) is 18.2 Å². The highest BCUT2D eigenvalue weighted by molar-refractivity contribution is 5.72. The van der Waals surface area contributed by atoms with Gasteiger partial charge in [-0.25, -0.2) is 4.98 Å². The number of methoxy groups -OCH3 is 1. The van der Waals surface area contributed by atoms with Crippen molar-refractivity contribution in [2.45, 2.75) is 13.3 Å². The van der Waals surface area contributed by atoms with Gasteiger partial charge in [-0.05, 0) is 10.9 Å². The lowest BCUT2D eigenvalue weighted by Crippen LogP contribution is -2.33. The zero-order chi connectivity index (χ0) is 13.0. The van der Waals surface area contributed by atoms with Gasteiger partial charge < -0.3 is 14.7 Å². The molecule has 2 aromatic rings. The molecule has 96 valence electrons. The molecule has 0 aliphatic heterocycles. The Hall–Kier alpha value is -1.95. The fraction of sp³-hybridized carbons (Fsp3) is 0.417. The topological polar surface area (TPSA) is 71.2 Å². The van der Waals surface area contributed by atoms with Gasteiger partial charge >= 0.3 is 0 Å². The average Bonchev–Trinajstić information content (AvgIpc) is 2.38. The maximum atomic E-state index is 11.6. The molecule has 0 saturated heterocycles. The van der Waals surface area contributed by atoms with Crippen LogP contribution >= 0.6 is 0 Å². The van der Waals surface area contributed by atoms with Crippen LogP contribution < -0.4 is 9.58 Å². The van der Waals surface area contributed by atoms with E-state index in [1.54, 1.807) is 25.3 Å². The van der Waals surface area contributed by atoms with E-state index in [9.17, 15) is 5.21 Å². The van der Waals surface area contributed by atoms with Crippen LogP contribution in [-0.4, -0.2) is 30.4 Å². The predicted octanol–water partition coefficient (Wildman–Crippen LogP) is 0.851. The SMILES string of the molecule is CCc1nc2cc(OCCOC)ccc2[n+]([O-])n1. The van der Waals surface area contributed by atoms with Gasteiger partial charge in [-0.2, -0.15) is 0 Å². The highest BCUT2D eigenvalue weighted by atomic mass is 16.5. The summed E-state index contributed by atoms with van der Waals surface area (Å²) in [5.41, 5.74) is 1.03. The number of aromatic nitrogens is 3. The van der Waals surface area contributed by atoms with Crippen LogP contribution in [0.2, 0.25) is 0 Å². The molecule has 1 aromatic heterocycles. The standard InChI is InChI=1S/C12H15N3O3/c1-3-12-13-10-8-9(18-7-6-17-2)4-5-11(10)15(16)14-12/h4-5,8H,3,6-7H2,1-2H3. The van der Waals surface area contributed by atoms with Crippen LogP contribution in [0.1, 0.15) is 12.7 Å². The molecule has 0 fully saturated rings. The molecule has 0 aliphatic carbocycles. The third-order valence-corrected chi connectivity index (χ3v) is 2.48. The molecule has 0 spiro atoms. The van der Waals surface area contributed by atoms with Gasteiger partial charge in [0.2, 0.25) is 0 Å². The molecule has 0 bridgehead atoms. The van der Waals surface area contributed by atoms with Gasteiger partial charge in [0.25, 0.3) is 5.52 Å². The Morgan fingerprint density at radius 1 is 1.33 bits per heavy atom. The van der Waals surface area contributed by atoms with E-state index in [0.29, 0.717) is 47.1 Å². The maximum Gasteiger partial charge on any atom is 0.270 e. The van der Waals surface area contributed by atoms with Gasteiger partial charge in [-0.3, -0.25) is 0 Å². The van der Waals surface area contributed by atoms with E-state index < -0.39 is 0 Å². The van der Waals surface area contributed by atoms with Gasteiger partial charge in [0.05, 0.1) is 6.61 Å². The second-order valence-electron chi connectivity index (χ2n) is 3.75. The van der Waals surface area contributed by atoms with Crippen LogP contribution in [-0.2, 0) is 11.2 Å². The molecule has 1 heterocycles. The quantitative estimate of drug-likeness (QED) is 0.446. The van der Waals surface area contributed by atoms with Gasteiger partial charge in [0.15, 0.2) is 5.82 Å². The van der Waals surface area contributed by atoms with E-state index in [-0.39, 0.29) is 0 Å². The lowest BCUT2D eigenvalue weighted by Gasteiger charge is -2.06. The molecule has 0 atom stereocenters. The average molecular weight is 249 g/mol. The number of ether oxygens (including phenoxy) is 2. The van der Waals surface area contributed by atoms with Crippen molar-refractivity contribution in [1.29, 1.82) is 0 Å². The van der Waals surface area contributed by atoms with Crippen molar-refractivity contribution in [3.8, 4) is 5.75 Å². The molecule has 0 unspecified atom stereocenters. The second kappa shape index (κ2) is 5.59. The molecule has 1 aromatic carbocycles. The summed E-state index contributed by atoms with van der Waals surface area (Å²) in [4.78, 5) is 4.90. The Kier molecular flexibility index (Phi) is 3.88. The van der Waals surface area contributed by atoms with Crippen LogP contribution in [0.4, 0.5) is 0 Å². The zero-order valence-electron chi connectivity index (χ0n) is 10.4. The predicted molar refractivity (Wildman–Crippen MR) is 65.2 cm³/mol. The number of nitrogens with zero attached hydrogens (tertiary/aromatic N) is 3. The molecule has 0 radical (unpaired) electrons. The van der Waals surface area contributed by atoms with Gasteiger partial charge in [0, 0.05) is 30.8 Å². The molecular formula is C12H15N3O3. The van der Waals surface area contributed by atoms with Crippen molar-refractivity contribution in [3.05, 3.63) is 29.2 Å². The Morgan fingerprint density at radius 3 is 2.89 bits per heavy atom. The van der Waals surface area contributed by atoms with Crippen molar-refractivity contribution in [3.63, 3.8) is 0 Å². The minimum Gasteiger partial charge on any atom is -0.594 e. The normalized spacial score (nSPS) is 10.8. The van der Waals surface area contributed by atoms with Crippen molar-refractivity contribution >= 4 is 11.0 Å². The van der Waals surface area contributed by atoms with Crippen LogP contribution in [0.3, 0.4) is 0 Å². The fourth-order valence-electron chi connectivity index (χ4n) is 1.56. The summed E-state index contributed by atoms with van der Waals surface area (Å²) in [7, 11) is 1.62. The summed E-state index contributed by atoms with van der Waals surface area (Å²) < 4.78 is 10.4. The maximum absolute atomic E-state index is 11.6. The lowest BCUT2D eigenvalue weighted by molar-refractivity contribution is -0.644. The number of aryl methyl sites for hydroxylation is 1. The van der Waals surface area contributed by atoms with E-state index in [1.807, 2.05) is 6.92 Å². The molecule has 0 aliphatic rings. The first kappa shape index (κ1) is 12.5. The third kappa shape index (κ3) is 2.65. The zero-order valence-corrected chi connectivity index (χ0v) is 10.4. The van der Waals surface area contributed by atoms with Crippen molar-refractivity contribution in [1.82, 2.24) is 10.1 Å². The highest BCUT2D eigenvalue weighted by Crippen LogP contribution is 2.16. The molecular weight excluding hydrogens is 234 g/mol. The van der Waals surface area contributed by atoms with Gasteiger partial charge in [-0.1, -0.05) is 6.92 Å². The molecule has 0 N–H and O–H groups in total. The molecule has 2 rings (SSSR count). The molecule has 0 amide bonds. The monoisotopic (exact) mass is 249 g/mol. The van der Waals surface area contributed by atoms with E-state index in [1.165, 1.54) is 0 Å². The summed E-state index contributed by atoms with van der Waals surface area (Å²) in [6.07, 6.45) is 0.618. The Labute approximate surface area is 105 Å². The Balaban J connectivity index is 2.31. The Bertz CT molecular complexity index is 545. The minimum atomic E-state index is 0.436. The van der Waals surface area contributed by atoms with Crippen LogP contribution in [0.25, 0.3) is 11.0 Å². The molecule has 6 nitrogen and oxygen atoms in total. The van der Waals surface area contributed by atoms with Crippen molar-refractivity contribution < 1.29 is 14.3 Å². The number of rotatable bonds is 5. The third-order valence-electron chi connectivity index (χ3n) is 2.48. The summed E-state index contributed by atoms with van der Waals surface area (Å²) >= 11 is 0. The van der Waals surface area contributed by atoms with E-state index in [2.05, 4.69) is 10.1 Å². The minimum absolute atomic E-state index is 0.436. The van der Waals surface area contributed by atoms with Crippen LogP contribution in [0.5, 0.6) is 5.75 Å². The largest absolute Gasteiger partial charge is 0.594 e. The molecule has 0 saturated carbocycles. The molecule has 18 heavy (non-hydrogen) atoms.